The molecule has 1 amide bonds. The summed E-state index contributed by atoms with van der Waals surface area (Å²) in [5.41, 5.74) is 8.01. The highest BCUT2D eigenvalue weighted by molar-refractivity contribution is 6.14. The molecule has 3 unspecified atom stereocenters. The molecular formula is C30H31F3N4O2. The minimum Gasteiger partial charge on any atom is -0.490 e. The van der Waals surface area contributed by atoms with Gasteiger partial charge in [0.2, 0.25) is 0 Å². The molecule has 3 aromatic rings. The molecule has 204 valence electrons. The first kappa shape index (κ1) is 27.8. The number of likely N-dealkylation sites (tertiary alicyclic amines) is 1. The fourth-order valence-electron chi connectivity index (χ4n) is 4.61. The Kier molecular flexibility index (Phi) is 7.99. The molecule has 0 bridgehead atoms. The van der Waals surface area contributed by atoms with Crippen LogP contribution in [0.1, 0.15) is 52.9 Å². The third-order valence-electron chi connectivity index (χ3n) is 6.99. The van der Waals surface area contributed by atoms with Gasteiger partial charge in [0.05, 0.1) is 5.71 Å². The number of nitrogens with one attached hydrogen (secondary N) is 2. The topological polar surface area (TPSA) is 91.4 Å². The SMILES string of the molecule is C=C1CC(Oc2ccc(C(=N)c3cc(C(=O)NC(c4ccccc4)C(F)(F)F)ccc3N)cc2)CC(C)N1C. The van der Waals surface area contributed by atoms with Crippen LogP contribution in [0.5, 0.6) is 5.75 Å². The number of amides is 1. The average Bonchev–Trinajstić information content (AvgIpc) is 2.90. The molecule has 0 saturated carbocycles. The van der Waals surface area contributed by atoms with Crippen molar-refractivity contribution in [3.63, 3.8) is 0 Å². The molecule has 3 aromatic carbocycles. The highest BCUT2D eigenvalue weighted by Gasteiger charge is 2.42. The van der Waals surface area contributed by atoms with E-state index in [2.05, 4.69) is 23.7 Å². The summed E-state index contributed by atoms with van der Waals surface area (Å²) >= 11 is 0. The maximum atomic E-state index is 13.7. The highest BCUT2D eigenvalue weighted by Crippen LogP contribution is 2.33. The Balaban J connectivity index is 1.49. The zero-order valence-electron chi connectivity index (χ0n) is 21.8. The number of hydrogen-bond acceptors (Lipinski definition) is 5. The molecule has 1 heterocycles. The smallest absolute Gasteiger partial charge is 0.412 e. The predicted molar refractivity (Wildman–Crippen MR) is 146 cm³/mol. The number of nitrogens with two attached hydrogens (primary N) is 1. The summed E-state index contributed by atoms with van der Waals surface area (Å²) in [5.74, 6) is -0.269. The lowest BCUT2D eigenvalue weighted by molar-refractivity contribution is -0.155. The molecule has 4 rings (SSSR count). The molecule has 1 aliphatic rings. The van der Waals surface area contributed by atoms with Gasteiger partial charge < -0.3 is 20.7 Å². The molecule has 0 spiro atoms. The van der Waals surface area contributed by atoms with Gasteiger partial charge in [-0.15, -0.1) is 0 Å². The van der Waals surface area contributed by atoms with E-state index in [0.29, 0.717) is 17.4 Å². The van der Waals surface area contributed by atoms with Crippen molar-refractivity contribution in [2.75, 3.05) is 12.8 Å². The summed E-state index contributed by atoms with van der Waals surface area (Å²) in [6.45, 7) is 6.22. The van der Waals surface area contributed by atoms with Crippen molar-refractivity contribution in [1.29, 1.82) is 5.41 Å². The second kappa shape index (κ2) is 11.2. The first-order valence-electron chi connectivity index (χ1n) is 12.5. The number of hydrogen-bond donors (Lipinski definition) is 3. The van der Waals surface area contributed by atoms with Gasteiger partial charge in [0, 0.05) is 54.0 Å². The lowest BCUT2D eigenvalue weighted by Gasteiger charge is -2.38. The summed E-state index contributed by atoms with van der Waals surface area (Å²) in [5, 5.41) is 10.7. The number of halogens is 3. The summed E-state index contributed by atoms with van der Waals surface area (Å²) in [6, 6.07) is 16.3. The normalized spacial score (nSPS) is 18.4. The molecule has 0 aliphatic carbocycles. The quantitative estimate of drug-likeness (QED) is 0.252. The van der Waals surface area contributed by atoms with Gasteiger partial charge in [-0.3, -0.25) is 10.2 Å². The van der Waals surface area contributed by atoms with E-state index in [-0.39, 0.29) is 34.2 Å². The molecule has 1 saturated heterocycles. The summed E-state index contributed by atoms with van der Waals surface area (Å²) < 4.78 is 47.3. The van der Waals surface area contributed by atoms with Crippen LogP contribution < -0.4 is 15.8 Å². The number of carbonyl (C=O) groups is 1. The van der Waals surface area contributed by atoms with Gasteiger partial charge in [-0.05, 0) is 55.0 Å². The van der Waals surface area contributed by atoms with Crippen molar-refractivity contribution >= 4 is 17.3 Å². The van der Waals surface area contributed by atoms with E-state index in [0.717, 1.165) is 18.5 Å². The Morgan fingerprint density at radius 2 is 1.74 bits per heavy atom. The minimum atomic E-state index is -4.69. The summed E-state index contributed by atoms with van der Waals surface area (Å²) in [6.07, 6.45) is -3.11. The Bertz CT molecular complexity index is 1360. The van der Waals surface area contributed by atoms with Crippen LogP contribution >= 0.6 is 0 Å². The number of piperidine rings is 1. The van der Waals surface area contributed by atoms with Gasteiger partial charge in [0.25, 0.3) is 5.91 Å². The summed E-state index contributed by atoms with van der Waals surface area (Å²) in [4.78, 5) is 15.0. The van der Waals surface area contributed by atoms with Crippen LogP contribution in [0, 0.1) is 5.41 Å². The zero-order valence-corrected chi connectivity index (χ0v) is 21.8. The van der Waals surface area contributed by atoms with Crippen molar-refractivity contribution < 1.29 is 22.7 Å². The van der Waals surface area contributed by atoms with Crippen molar-refractivity contribution in [3.05, 3.63) is 107 Å². The van der Waals surface area contributed by atoms with Crippen molar-refractivity contribution in [3.8, 4) is 5.75 Å². The van der Waals surface area contributed by atoms with Crippen LogP contribution in [0.2, 0.25) is 0 Å². The third-order valence-corrected chi connectivity index (χ3v) is 6.99. The largest absolute Gasteiger partial charge is 0.490 e. The monoisotopic (exact) mass is 536 g/mol. The summed E-state index contributed by atoms with van der Waals surface area (Å²) in [7, 11) is 2.02. The highest BCUT2D eigenvalue weighted by atomic mass is 19.4. The number of nitrogens with zero attached hydrogens (tertiary/aromatic N) is 1. The van der Waals surface area contributed by atoms with Gasteiger partial charge in [-0.1, -0.05) is 36.9 Å². The Morgan fingerprint density at radius 3 is 2.36 bits per heavy atom. The predicted octanol–water partition coefficient (Wildman–Crippen LogP) is 6.09. The van der Waals surface area contributed by atoms with Crippen LogP contribution in [0.15, 0.2) is 85.1 Å². The minimum absolute atomic E-state index is 0.00347. The van der Waals surface area contributed by atoms with Crippen LogP contribution in [-0.2, 0) is 0 Å². The van der Waals surface area contributed by atoms with Gasteiger partial charge >= 0.3 is 6.18 Å². The molecule has 6 nitrogen and oxygen atoms in total. The average molecular weight is 537 g/mol. The first-order chi connectivity index (χ1) is 18.4. The maximum Gasteiger partial charge on any atom is 0.412 e. The molecular weight excluding hydrogens is 505 g/mol. The molecule has 9 heteroatoms. The number of carbonyl (C=O) groups excluding carboxylic acids is 1. The van der Waals surface area contributed by atoms with E-state index >= 15 is 0 Å². The lowest BCUT2D eigenvalue weighted by Crippen LogP contribution is -2.40. The molecule has 4 N–H and O–H groups in total. The van der Waals surface area contributed by atoms with Crippen LogP contribution in [0.4, 0.5) is 18.9 Å². The zero-order chi connectivity index (χ0) is 28.3. The second-order valence-corrected chi connectivity index (χ2v) is 9.77. The van der Waals surface area contributed by atoms with E-state index < -0.39 is 18.1 Å². The van der Waals surface area contributed by atoms with E-state index in [9.17, 15) is 18.0 Å². The fourth-order valence-corrected chi connectivity index (χ4v) is 4.61. The van der Waals surface area contributed by atoms with Crippen molar-refractivity contribution in [1.82, 2.24) is 10.2 Å². The lowest BCUT2D eigenvalue weighted by atomic mass is 9.97. The van der Waals surface area contributed by atoms with Gasteiger partial charge in [0.15, 0.2) is 6.04 Å². The molecule has 0 radical (unpaired) electrons. The molecule has 3 atom stereocenters. The van der Waals surface area contributed by atoms with Gasteiger partial charge in [-0.2, -0.15) is 13.2 Å². The standard InChI is InChI=1S/C30H31F3N4O2/c1-18-15-24(16-19(2)37(18)3)39-23-12-9-20(10-13-23)27(35)25-17-22(11-14-26(25)34)29(38)36-28(30(31,32)33)21-7-5-4-6-8-21/h4-14,17,19,24,28,35H,1,15-16,34H2,2-3H3,(H,36,38). The van der Waals surface area contributed by atoms with Crippen LogP contribution in [-0.4, -0.2) is 41.9 Å². The Hall–Kier alpha value is -4.27. The number of rotatable bonds is 7. The molecule has 1 fully saturated rings. The van der Waals surface area contributed by atoms with E-state index in [1.807, 2.05) is 7.05 Å². The van der Waals surface area contributed by atoms with Gasteiger partial charge in [-0.25, -0.2) is 0 Å². The Morgan fingerprint density at radius 1 is 1.10 bits per heavy atom. The molecule has 0 aromatic heterocycles. The van der Waals surface area contributed by atoms with E-state index in [4.69, 9.17) is 15.9 Å². The third kappa shape index (κ3) is 6.42. The number of ether oxygens (including phenoxy) is 1. The molecule has 1 aliphatic heterocycles. The van der Waals surface area contributed by atoms with E-state index in [1.165, 1.54) is 42.5 Å². The Labute approximate surface area is 225 Å². The number of anilines is 1. The fraction of sp³-hybridized carbons (Fsp3) is 0.267. The molecule has 39 heavy (non-hydrogen) atoms. The van der Waals surface area contributed by atoms with E-state index in [1.54, 1.807) is 30.3 Å². The van der Waals surface area contributed by atoms with Gasteiger partial charge in [0.1, 0.15) is 11.9 Å². The maximum absolute atomic E-state index is 13.7. The number of benzene rings is 3. The van der Waals surface area contributed by atoms with Crippen molar-refractivity contribution in [2.45, 2.75) is 44.1 Å². The first-order valence-corrected chi connectivity index (χ1v) is 12.5. The van der Waals surface area contributed by atoms with Crippen molar-refractivity contribution in [2.24, 2.45) is 0 Å². The number of nitrogen functional groups attached to an aromatic ring is 1. The number of alkyl halides is 3. The van der Waals surface area contributed by atoms with Crippen LogP contribution in [0.3, 0.4) is 0 Å². The second-order valence-electron chi connectivity index (χ2n) is 9.77. The van der Waals surface area contributed by atoms with Crippen LogP contribution in [0.25, 0.3) is 0 Å².